The molecule has 1 unspecified atom stereocenters. The molecule has 1 aliphatic rings. The number of aliphatic hydroxyl groups excluding tert-OH is 1. The van der Waals surface area contributed by atoms with Gasteiger partial charge < -0.3 is 15.3 Å². The first-order valence-corrected chi connectivity index (χ1v) is 6.90. The van der Waals surface area contributed by atoms with Crippen LogP contribution in [0.4, 0.5) is 5.69 Å². The monoisotopic (exact) mass is 262 g/mol. The third-order valence-electron chi connectivity index (χ3n) is 3.60. The van der Waals surface area contributed by atoms with Crippen LogP contribution in [-0.4, -0.2) is 42.2 Å². The zero-order chi connectivity index (χ0) is 13.8. The number of nitrogens with one attached hydrogen (secondary N) is 1. The standard InChI is InChI=1S/C15H22N2O2/c1-3-16-14-8-11(2)4-5-13(14)15(19)17-7-6-12(9-17)10-18/h4-5,8,12,16,18H,3,6-7,9-10H2,1-2H3. The second kappa shape index (κ2) is 6.06. The summed E-state index contributed by atoms with van der Waals surface area (Å²) in [4.78, 5) is 14.4. The Hall–Kier alpha value is -1.55. The number of carbonyl (C=O) groups excluding carboxylic acids is 1. The van der Waals surface area contributed by atoms with Crippen molar-refractivity contribution < 1.29 is 9.90 Å². The van der Waals surface area contributed by atoms with Crippen molar-refractivity contribution in [3.05, 3.63) is 29.3 Å². The van der Waals surface area contributed by atoms with Crippen molar-refractivity contribution in [3.63, 3.8) is 0 Å². The van der Waals surface area contributed by atoms with Gasteiger partial charge >= 0.3 is 0 Å². The zero-order valence-electron chi connectivity index (χ0n) is 11.6. The molecule has 104 valence electrons. The number of amides is 1. The quantitative estimate of drug-likeness (QED) is 0.871. The van der Waals surface area contributed by atoms with Gasteiger partial charge in [-0.05, 0) is 38.0 Å². The number of anilines is 1. The number of hydrogen-bond acceptors (Lipinski definition) is 3. The Morgan fingerprint density at radius 2 is 2.32 bits per heavy atom. The predicted molar refractivity (Wildman–Crippen MR) is 76.4 cm³/mol. The molecule has 19 heavy (non-hydrogen) atoms. The van der Waals surface area contributed by atoms with Crippen molar-refractivity contribution in [2.45, 2.75) is 20.3 Å². The summed E-state index contributed by atoms with van der Waals surface area (Å²) in [6, 6.07) is 5.87. The molecule has 0 bridgehead atoms. The Bertz CT molecular complexity index is 459. The van der Waals surface area contributed by atoms with Crippen molar-refractivity contribution >= 4 is 11.6 Å². The Morgan fingerprint density at radius 3 is 2.95 bits per heavy atom. The van der Waals surface area contributed by atoms with Gasteiger partial charge in [-0.25, -0.2) is 0 Å². The summed E-state index contributed by atoms with van der Waals surface area (Å²) < 4.78 is 0. The molecule has 2 N–H and O–H groups in total. The molecule has 0 aliphatic carbocycles. The third kappa shape index (κ3) is 3.07. The van der Waals surface area contributed by atoms with Crippen molar-refractivity contribution in [3.8, 4) is 0 Å². The molecule has 1 aromatic rings. The maximum Gasteiger partial charge on any atom is 0.255 e. The van der Waals surface area contributed by atoms with Gasteiger partial charge in [0.1, 0.15) is 0 Å². The van der Waals surface area contributed by atoms with Crippen LogP contribution in [0.5, 0.6) is 0 Å². The smallest absolute Gasteiger partial charge is 0.255 e. The van der Waals surface area contributed by atoms with E-state index in [2.05, 4.69) is 5.32 Å². The van der Waals surface area contributed by atoms with Crippen LogP contribution in [0.15, 0.2) is 18.2 Å². The molecule has 4 heteroatoms. The van der Waals surface area contributed by atoms with E-state index >= 15 is 0 Å². The lowest BCUT2D eigenvalue weighted by molar-refractivity contribution is 0.0783. The summed E-state index contributed by atoms with van der Waals surface area (Å²) in [5.41, 5.74) is 2.77. The van der Waals surface area contributed by atoms with Crippen molar-refractivity contribution in [2.24, 2.45) is 5.92 Å². The highest BCUT2D eigenvalue weighted by Crippen LogP contribution is 2.23. The van der Waals surface area contributed by atoms with Gasteiger partial charge in [0.2, 0.25) is 0 Å². The van der Waals surface area contributed by atoms with E-state index in [1.165, 1.54) is 0 Å². The Morgan fingerprint density at radius 1 is 1.53 bits per heavy atom. The lowest BCUT2D eigenvalue weighted by Gasteiger charge is -2.19. The number of nitrogens with zero attached hydrogens (tertiary/aromatic N) is 1. The highest BCUT2D eigenvalue weighted by Gasteiger charge is 2.27. The highest BCUT2D eigenvalue weighted by atomic mass is 16.3. The Kier molecular flexibility index (Phi) is 4.43. The summed E-state index contributed by atoms with van der Waals surface area (Å²) in [5, 5.41) is 12.4. The average Bonchev–Trinajstić information content (AvgIpc) is 2.87. The zero-order valence-corrected chi connectivity index (χ0v) is 11.6. The number of rotatable bonds is 4. The van der Waals surface area contributed by atoms with Crippen molar-refractivity contribution in [2.75, 3.05) is 31.6 Å². The van der Waals surface area contributed by atoms with E-state index in [4.69, 9.17) is 5.11 Å². The molecule has 1 fully saturated rings. The van der Waals surface area contributed by atoms with Gasteiger partial charge in [0.05, 0.1) is 5.56 Å². The first kappa shape index (κ1) is 13.9. The predicted octanol–water partition coefficient (Wildman–Crippen LogP) is 1.88. The molecule has 1 aliphatic heterocycles. The Labute approximate surface area is 114 Å². The van der Waals surface area contributed by atoms with E-state index < -0.39 is 0 Å². The number of benzene rings is 1. The van der Waals surface area contributed by atoms with E-state index in [-0.39, 0.29) is 18.4 Å². The summed E-state index contributed by atoms with van der Waals surface area (Å²) in [7, 11) is 0. The lowest BCUT2D eigenvalue weighted by Crippen LogP contribution is -2.29. The van der Waals surface area contributed by atoms with Crippen LogP contribution in [0.25, 0.3) is 0 Å². The Balaban J connectivity index is 2.19. The minimum absolute atomic E-state index is 0.0619. The molecular weight excluding hydrogens is 240 g/mol. The minimum atomic E-state index is 0.0619. The van der Waals surface area contributed by atoms with Crippen LogP contribution >= 0.6 is 0 Å². The molecule has 1 amide bonds. The highest BCUT2D eigenvalue weighted by molar-refractivity contribution is 5.99. The molecule has 0 aromatic heterocycles. The van der Waals surface area contributed by atoms with Gasteiger partial charge in [-0.2, -0.15) is 0 Å². The SMILES string of the molecule is CCNc1cc(C)ccc1C(=O)N1CCC(CO)C1. The van der Waals surface area contributed by atoms with Gasteiger partial charge in [0.15, 0.2) is 0 Å². The molecule has 2 rings (SSSR count). The lowest BCUT2D eigenvalue weighted by atomic mass is 10.1. The van der Waals surface area contributed by atoms with Gasteiger partial charge in [0.25, 0.3) is 5.91 Å². The second-order valence-electron chi connectivity index (χ2n) is 5.17. The van der Waals surface area contributed by atoms with Crippen LogP contribution in [0.1, 0.15) is 29.3 Å². The van der Waals surface area contributed by atoms with Crippen LogP contribution in [0, 0.1) is 12.8 Å². The molecule has 4 nitrogen and oxygen atoms in total. The number of likely N-dealkylation sites (tertiary alicyclic amines) is 1. The van der Waals surface area contributed by atoms with Crippen LogP contribution in [-0.2, 0) is 0 Å². The van der Waals surface area contributed by atoms with E-state index in [0.717, 1.165) is 36.3 Å². The fourth-order valence-corrected chi connectivity index (χ4v) is 2.52. The molecule has 0 radical (unpaired) electrons. The summed E-state index contributed by atoms with van der Waals surface area (Å²) in [6.07, 6.45) is 0.893. The molecule has 0 spiro atoms. The van der Waals surface area contributed by atoms with Crippen molar-refractivity contribution in [1.82, 2.24) is 4.90 Å². The number of carbonyl (C=O) groups is 1. The van der Waals surface area contributed by atoms with E-state index in [1.807, 2.05) is 36.9 Å². The van der Waals surface area contributed by atoms with Crippen LogP contribution in [0.3, 0.4) is 0 Å². The molecule has 0 saturated carbocycles. The fraction of sp³-hybridized carbons (Fsp3) is 0.533. The van der Waals surface area contributed by atoms with E-state index in [9.17, 15) is 4.79 Å². The summed E-state index contributed by atoms with van der Waals surface area (Å²) >= 11 is 0. The summed E-state index contributed by atoms with van der Waals surface area (Å²) in [5.74, 6) is 0.295. The maximum absolute atomic E-state index is 12.5. The molecule has 1 aromatic carbocycles. The van der Waals surface area contributed by atoms with E-state index in [1.54, 1.807) is 0 Å². The molecular formula is C15H22N2O2. The van der Waals surface area contributed by atoms with Crippen molar-refractivity contribution in [1.29, 1.82) is 0 Å². The van der Waals surface area contributed by atoms with Crippen LogP contribution < -0.4 is 5.32 Å². The molecule has 1 atom stereocenters. The topological polar surface area (TPSA) is 52.6 Å². The van der Waals surface area contributed by atoms with Gasteiger partial charge in [-0.1, -0.05) is 6.07 Å². The first-order chi connectivity index (χ1) is 9.15. The van der Waals surface area contributed by atoms with E-state index in [0.29, 0.717) is 6.54 Å². The second-order valence-corrected chi connectivity index (χ2v) is 5.17. The number of hydrogen-bond donors (Lipinski definition) is 2. The van der Waals surface area contributed by atoms with Crippen LogP contribution in [0.2, 0.25) is 0 Å². The normalized spacial score (nSPS) is 18.7. The minimum Gasteiger partial charge on any atom is -0.396 e. The largest absolute Gasteiger partial charge is 0.396 e. The van der Waals surface area contributed by atoms with Gasteiger partial charge in [0, 0.05) is 37.8 Å². The summed E-state index contributed by atoms with van der Waals surface area (Å²) in [6.45, 7) is 6.40. The van der Waals surface area contributed by atoms with Gasteiger partial charge in [-0.15, -0.1) is 0 Å². The van der Waals surface area contributed by atoms with Gasteiger partial charge in [-0.3, -0.25) is 4.79 Å². The fourth-order valence-electron chi connectivity index (χ4n) is 2.52. The molecule has 1 heterocycles. The first-order valence-electron chi connectivity index (χ1n) is 6.90. The third-order valence-corrected chi connectivity index (χ3v) is 3.60. The number of aliphatic hydroxyl groups is 1. The molecule has 1 saturated heterocycles. The number of aryl methyl sites for hydroxylation is 1. The maximum atomic E-state index is 12.5. The average molecular weight is 262 g/mol.